The maximum atomic E-state index is 13.1. The van der Waals surface area contributed by atoms with Gasteiger partial charge in [-0.3, -0.25) is 0 Å². The molecule has 0 unspecified atom stereocenters. The predicted molar refractivity (Wildman–Crippen MR) is 141 cm³/mol. The smallest absolute Gasteiger partial charge is 0.243 e. The average molecular weight is 568 g/mol. The Kier molecular flexibility index (Phi) is 8.39. The Bertz CT molecular complexity index is 1440. The van der Waals surface area contributed by atoms with E-state index < -0.39 is 20.0 Å². The molecular weight excluding hydrogens is 541 g/mol. The summed E-state index contributed by atoms with van der Waals surface area (Å²) < 4.78 is 74.4. The molecule has 0 saturated carbocycles. The fraction of sp³-hybridized carbons (Fsp3) is 0.280. The fourth-order valence-electron chi connectivity index (χ4n) is 4.07. The second kappa shape index (κ2) is 11.4. The standard InChI is InChI=1S/C25H27ClFN3O5S2/c1-35-25-11-10-23(36(31,32)28-13-12-19-2-6-21(27)7-3-19)18-24(25)29-14-16-30(17-15-29)37(33,34)22-8-4-20(26)5-9-22/h2-11,18,28H,12-17H2,1H3. The Morgan fingerprint density at radius 2 is 1.51 bits per heavy atom. The Morgan fingerprint density at radius 3 is 2.14 bits per heavy atom. The Balaban J connectivity index is 1.45. The fourth-order valence-corrected chi connectivity index (χ4v) is 6.67. The first kappa shape index (κ1) is 27.3. The van der Waals surface area contributed by atoms with Crippen LogP contribution in [0.5, 0.6) is 5.75 Å². The van der Waals surface area contributed by atoms with Gasteiger partial charge in [0, 0.05) is 37.7 Å². The van der Waals surface area contributed by atoms with Gasteiger partial charge >= 0.3 is 0 Å². The van der Waals surface area contributed by atoms with Crippen LogP contribution in [0.2, 0.25) is 5.02 Å². The van der Waals surface area contributed by atoms with Crippen LogP contribution in [-0.2, 0) is 26.5 Å². The molecule has 1 aliphatic heterocycles. The van der Waals surface area contributed by atoms with Crippen LogP contribution in [-0.4, -0.2) is 61.0 Å². The van der Waals surface area contributed by atoms with E-state index in [9.17, 15) is 21.2 Å². The van der Waals surface area contributed by atoms with Crippen molar-refractivity contribution in [3.8, 4) is 5.75 Å². The number of piperazine rings is 1. The number of anilines is 1. The molecule has 4 rings (SSSR count). The van der Waals surface area contributed by atoms with Gasteiger partial charge in [-0.25, -0.2) is 25.9 Å². The molecule has 3 aromatic rings. The molecule has 0 radical (unpaired) electrons. The van der Waals surface area contributed by atoms with Crippen LogP contribution in [0.15, 0.2) is 76.5 Å². The highest BCUT2D eigenvalue weighted by atomic mass is 35.5. The number of halogens is 2. The molecule has 198 valence electrons. The molecule has 0 atom stereocenters. The number of rotatable bonds is 9. The first-order chi connectivity index (χ1) is 17.6. The second-order valence-corrected chi connectivity index (χ2v) is 12.6. The molecule has 3 aromatic carbocycles. The molecular formula is C25H27ClFN3O5S2. The maximum absolute atomic E-state index is 13.1. The summed E-state index contributed by atoms with van der Waals surface area (Å²) in [5.74, 6) is 0.137. The van der Waals surface area contributed by atoms with E-state index in [0.29, 0.717) is 36.0 Å². The van der Waals surface area contributed by atoms with Crippen LogP contribution in [0, 0.1) is 5.82 Å². The van der Waals surface area contributed by atoms with Gasteiger partial charge in [-0.05, 0) is 66.6 Å². The van der Waals surface area contributed by atoms with Crippen LogP contribution >= 0.6 is 11.6 Å². The summed E-state index contributed by atoms with van der Waals surface area (Å²) in [6.45, 7) is 1.30. The lowest BCUT2D eigenvalue weighted by atomic mass is 10.1. The minimum absolute atomic E-state index is 0.0682. The van der Waals surface area contributed by atoms with Crippen molar-refractivity contribution in [2.45, 2.75) is 16.2 Å². The number of hydrogen-bond acceptors (Lipinski definition) is 6. The van der Waals surface area contributed by atoms with Crippen LogP contribution in [0.4, 0.5) is 10.1 Å². The minimum atomic E-state index is -3.82. The maximum Gasteiger partial charge on any atom is 0.243 e. The largest absolute Gasteiger partial charge is 0.495 e. The van der Waals surface area contributed by atoms with Gasteiger partial charge in [0.25, 0.3) is 0 Å². The van der Waals surface area contributed by atoms with Crippen molar-refractivity contribution < 1.29 is 26.0 Å². The highest BCUT2D eigenvalue weighted by molar-refractivity contribution is 7.89. The van der Waals surface area contributed by atoms with Gasteiger partial charge in [0.05, 0.1) is 22.6 Å². The highest BCUT2D eigenvalue weighted by Gasteiger charge is 2.30. The minimum Gasteiger partial charge on any atom is -0.495 e. The molecule has 0 aliphatic carbocycles. The number of benzene rings is 3. The van der Waals surface area contributed by atoms with E-state index in [1.54, 1.807) is 18.2 Å². The van der Waals surface area contributed by atoms with Crippen molar-refractivity contribution >= 4 is 37.3 Å². The average Bonchev–Trinajstić information content (AvgIpc) is 2.89. The Morgan fingerprint density at radius 1 is 0.892 bits per heavy atom. The highest BCUT2D eigenvalue weighted by Crippen LogP contribution is 2.32. The normalized spacial score (nSPS) is 15.1. The van der Waals surface area contributed by atoms with Crippen molar-refractivity contribution in [2.75, 3.05) is 44.7 Å². The van der Waals surface area contributed by atoms with Crippen molar-refractivity contribution in [2.24, 2.45) is 0 Å². The van der Waals surface area contributed by atoms with Crippen LogP contribution in [0.3, 0.4) is 0 Å². The van der Waals surface area contributed by atoms with E-state index in [1.807, 2.05) is 4.90 Å². The summed E-state index contributed by atoms with van der Waals surface area (Å²) in [6.07, 6.45) is 0.409. The zero-order chi connectivity index (χ0) is 26.6. The predicted octanol–water partition coefficient (Wildman–Crippen LogP) is 3.52. The molecule has 8 nitrogen and oxygen atoms in total. The summed E-state index contributed by atoms with van der Waals surface area (Å²) in [4.78, 5) is 2.14. The number of sulfonamides is 2. The molecule has 1 saturated heterocycles. The zero-order valence-electron chi connectivity index (χ0n) is 20.1. The summed E-state index contributed by atoms with van der Waals surface area (Å²) in [5, 5.41) is 0.454. The molecule has 0 aromatic heterocycles. The van der Waals surface area contributed by atoms with Gasteiger partial charge in [-0.1, -0.05) is 23.7 Å². The number of methoxy groups -OCH3 is 1. The second-order valence-electron chi connectivity index (χ2n) is 8.45. The van der Waals surface area contributed by atoms with E-state index in [4.69, 9.17) is 16.3 Å². The van der Waals surface area contributed by atoms with E-state index in [-0.39, 0.29) is 35.2 Å². The first-order valence-corrected chi connectivity index (χ1v) is 14.8. The topological polar surface area (TPSA) is 96.0 Å². The van der Waals surface area contributed by atoms with Gasteiger partial charge < -0.3 is 9.64 Å². The molecule has 1 heterocycles. The van der Waals surface area contributed by atoms with Gasteiger partial charge in [0.1, 0.15) is 11.6 Å². The number of nitrogens with zero attached hydrogens (tertiary/aromatic N) is 2. The van der Waals surface area contributed by atoms with Gasteiger partial charge in [-0.15, -0.1) is 0 Å². The summed E-state index contributed by atoms with van der Waals surface area (Å²) in [5.41, 5.74) is 1.37. The van der Waals surface area contributed by atoms with Gasteiger partial charge in [0.2, 0.25) is 20.0 Å². The summed E-state index contributed by atoms with van der Waals surface area (Å²) in [6, 6.07) is 16.5. The molecule has 12 heteroatoms. The van der Waals surface area contributed by atoms with Crippen molar-refractivity contribution in [1.82, 2.24) is 9.03 Å². The number of nitrogens with one attached hydrogen (secondary N) is 1. The quantitative estimate of drug-likeness (QED) is 0.425. The molecule has 0 spiro atoms. The van der Waals surface area contributed by atoms with Crippen LogP contribution in [0.1, 0.15) is 5.56 Å². The zero-order valence-corrected chi connectivity index (χ0v) is 22.5. The third-order valence-electron chi connectivity index (χ3n) is 6.11. The van der Waals surface area contributed by atoms with E-state index in [0.717, 1.165) is 5.56 Å². The van der Waals surface area contributed by atoms with Crippen molar-refractivity contribution in [1.29, 1.82) is 0 Å². The number of ether oxygens (including phenoxy) is 1. The van der Waals surface area contributed by atoms with Gasteiger partial charge in [-0.2, -0.15) is 4.31 Å². The van der Waals surface area contributed by atoms with Gasteiger partial charge in [0.15, 0.2) is 0 Å². The SMILES string of the molecule is COc1ccc(S(=O)(=O)NCCc2ccc(F)cc2)cc1N1CCN(S(=O)(=O)c2ccc(Cl)cc2)CC1. The molecule has 0 amide bonds. The molecule has 1 aliphatic rings. The molecule has 1 fully saturated rings. The van der Waals surface area contributed by atoms with E-state index >= 15 is 0 Å². The van der Waals surface area contributed by atoms with E-state index in [1.165, 1.54) is 59.9 Å². The monoisotopic (exact) mass is 567 g/mol. The van der Waals surface area contributed by atoms with Crippen molar-refractivity contribution in [3.63, 3.8) is 0 Å². The first-order valence-electron chi connectivity index (χ1n) is 11.5. The Hall–Kier alpha value is -2.70. The summed E-state index contributed by atoms with van der Waals surface area (Å²) >= 11 is 5.88. The van der Waals surface area contributed by atoms with Crippen LogP contribution < -0.4 is 14.4 Å². The lowest BCUT2D eigenvalue weighted by Gasteiger charge is -2.36. The third-order valence-corrected chi connectivity index (χ3v) is 9.73. The lowest BCUT2D eigenvalue weighted by Crippen LogP contribution is -2.48. The third kappa shape index (κ3) is 6.42. The molecule has 37 heavy (non-hydrogen) atoms. The van der Waals surface area contributed by atoms with Crippen molar-refractivity contribution in [3.05, 3.63) is 83.1 Å². The molecule has 0 bridgehead atoms. The number of hydrogen-bond donors (Lipinski definition) is 1. The van der Waals surface area contributed by atoms with E-state index in [2.05, 4.69) is 4.72 Å². The molecule has 1 N–H and O–H groups in total. The summed E-state index contributed by atoms with van der Waals surface area (Å²) in [7, 11) is -6.00. The lowest BCUT2D eigenvalue weighted by molar-refractivity contribution is 0.378. The Labute approximate surface area is 221 Å². The van der Waals surface area contributed by atoms with Crippen LogP contribution in [0.25, 0.3) is 0 Å².